The van der Waals surface area contributed by atoms with E-state index in [1.165, 1.54) is 0 Å². The smallest absolute Gasteiger partial charge is 0.290 e. The lowest BCUT2D eigenvalue weighted by atomic mass is 10.1. The minimum atomic E-state index is -0.306. The molecule has 0 spiro atoms. The Morgan fingerprint density at radius 1 is 1.35 bits per heavy atom. The van der Waals surface area contributed by atoms with Crippen LogP contribution in [0.3, 0.4) is 0 Å². The highest BCUT2D eigenvalue weighted by molar-refractivity contribution is 8.18. The van der Waals surface area contributed by atoms with Crippen LogP contribution in [0.2, 0.25) is 0 Å². The van der Waals surface area contributed by atoms with Gasteiger partial charge in [0.2, 0.25) is 0 Å². The fourth-order valence-corrected chi connectivity index (χ4v) is 3.70. The Kier molecular flexibility index (Phi) is 4.46. The average Bonchev–Trinajstić information content (AvgIpc) is 3.07. The number of hydrogen-bond acceptors (Lipinski definition) is 5. The number of thioether (sulfide) groups is 1. The second-order valence-corrected chi connectivity index (χ2v) is 7.28. The Hall–Kier alpha value is -1.79. The molecule has 2 aliphatic heterocycles. The van der Waals surface area contributed by atoms with Crippen molar-refractivity contribution in [2.75, 3.05) is 32.1 Å². The Balaban J connectivity index is 1.92. The monoisotopic (exact) mass is 331 g/mol. The quantitative estimate of drug-likeness (QED) is 0.862. The summed E-state index contributed by atoms with van der Waals surface area (Å²) in [6.45, 7) is 4.01. The predicted molar refractivity (Wildman–Crippen MR) is 94.6 cm³/mol. The molecule has 2 aliphatic rings. The van der Waals surface area contributed by atoms with Crippen molar-refractivity contribution in [2.24, 2.45) is 0 Å². The Bertz CT molecular complexity index is 684. The van der Waals surface area contributed by atoms with Crippen LogP contribution < -0.4 is 10.2 Å². The van der Waals surface area contributed by atoms with Crippen LogP contribution >= 0.6 is 11.8 Å². The van der Waals surface area contributed by atoms with Crippen LogP contribution in [0.4, 0.5) is 10.5 Å². The highest BCUT2D eigenvalue weighted by Gasteiger charge is 2.28. The summed E-state index contributed by atoms with van der Waals surface area (Å²) >= 11 is 0.966. The van der Waals surface area contributed by atoms with Gasteiger partial charge in [0.25, 0.3) is 11.1 Å². The predicted octanol–water partition coefficient (Wildman–Crippen LogP) is 2.46. The molecule has 23 heavy (non-hydrogen) atoms. The van der Waals surface area contributed by atoms with Crippen LogP contribution in [0.5, 0.6) is 0 Å². The van der Waals surface area contributed by atoms with Gasteiger partial charge in [0.05, 0.1) is 4.91 Å². The standard InChI is InChI=1S/C17H21N3O2S/c1-11-4-5-14(20-7-6-13(10-20)19(2)3)12(8-11)9-15-16(21)18-17(22)23-15/h4-5,8-9,13H,6-7,10H2,1-3H3,(H,18,21,22)/b15-9-/t13-/m0/s1. The van der Waals surface area contributed by atoms with Crippen LogP contribution in [0, 0.1) is 6.92 Å². The molecule has 2 amide bonds. The summed E-state index contributed by atoms with van der Waals surface area (Å²) in [4.78, 5) is 28.2. The maximum atomic E-state index is 11.8. The van der Waals surface area contributed by atoms with Gasteiger partial charge >= 0.3 is 0 Å². The van der Waals surface area contributed by atoms with Gasteiger partial charge in [-0.25, -0.2) is 0 Å². The molecule has 0 aliphatic carbocycles. The number of hydrogen-bond donors (Lipinski definition) is 1. The third-order valence-corrected chi connectivity index (χ3v) is 5.16. The first-order valence-corrected chi connectivity index (χ1v) is 8.52. The number of likely N-dealkylation sites (N-methyl/N-ethyl adjacent to an activating group) is 1. The van der Waals surface area contributed by atoms with Crippen molar-refractivity contribution < 1.29 is 9.59 Å². The van der Waals surface area contributed by atoms with Crippen LogP contribution in [-0.2, 0) is 4.79 Å². The lowest BCUT2D eigenvalue weighted by Crippen LogP contribution is -2.31. The van der Waals surface area contributed by atoms with Crippen LogP contribution in [0.25, 0.3) is 6.08 Å². The van der Waals surface area contributed by atoms with Crippen molar-refractivity contribution >= 4 is 34.7 Å². The molecule has 6 heteroatoms. The largest absolute Gasteiger partial charge is 0.369 e. The molecule has 122 valence electrons. The first-order valence-electron chi connectivity index (χ1n) is 7.71. The van der Waals surface area contributed by atoms with Gasteiger partial charge in [0.15, 0.2) is 0 Å². The van der Waals surface area contributed by atoms with E-state index in [2.05, 4.69) is 47.4 Å². The first-order chi connectivity index (χ1) is 10.9. The van der Waals surface area contributed by atoms with E-state index in [0.717, 1.165) is 48.1 Å². The second-order valence-electron chi connectivity index (χ2n) is 6.27. The number of imide groups is 1. The lowest BCUT2D eigenvalue weighted by molar-refractivity contribution is -0.115. The van der Waals surface area contributed by atoms with Crippen molar-refractivity contribution in [3.63, 3.8) is 0 Å². The molecular weight excluding hydrogens is 310 g/mol. The zero-order chi connectivity index (χ0) is 16.6. The SMILES string of the molecule is Cc1ccc(N2CC[C@H](N(C)C)C2)c(/C=C2\SC(=O)NC2=O)c1. The molecular formula is C17H21N3O2S. The number of aryl methyl sites for hydroxylation is 1. The molecule has 0 unspecified atom stereocenters. The summed E-state index contributed by atoms with van der Waals surface area (Å²) in [7, 11) is 4.22. The molecule has 0 radical (unpaired) electrons. The minimum Gasteiger partial charge on any atom is -0.369 e. The van der Waals surface area contributed by atoms with Gasteiger partial charge in [0.1, 0.15) is 0 Å². The number of carbonyl (C=O) groups is 2. The van der Waals surface area contributed by atoms with Gasteiger partial charge in [-0.1, -0.05) is 11.6 Å². The molecule has 1 N–H and O–H groups in total. The maximum absolute atomic E-state index is 11.8. The fourth-order valence-electron chi connectivity index (χ4n) is 3.02. The van der Waals surface area contributed by atoms with Crippen LogP contribution in [0.1, 0.15) is 17.5 Å². The van der Waals surface area contributed by atoms with E-state index >= 15 is 0 Å². The van der Waals surface area contributed by atoms with Gasteiger partial charge in [-0.05, 0) is 63.0 Å². The van der Waals surface area contributed by atoms with Crippen molar-refractivity contribution in [1.29, 1.82) is 0 Å². The third-order valence-electron chi connectivity index (χ3n) is 4.35. The summed E-state index contributed by atoms with van der Waals surface area (Å²) in [5, 5.41) is 2.01. The summed E-state index contributed by atoms with van der Waals surface area (Å²) < 4.78 is 0. The molecule has 2 saturated heterocycles. The van der Waals surface area contributed by atoms with E-state index in [0.29, 0.717) is 10.9 Å². The molecule has 1 atom stereocenters. The van der Waals surface area contributed by atoms with Crippen molar-refractivity contribution in [3.8, 4) is 0 Å². The van der Waals surface area contributed by atoms with E-state index in [1.807, 2.05) is 13.0 Å². The van der Waals surface area contributed by atoms with E-state index in [4.69, 9.17) is 0 Å². The zero-order valence-corrected chi connectivity index (χ0v) is 14.4. The maximum Gasteiger partial charge on any atom is 0.290 e. The lowest BCUT2D eigenvalue weighted by Gasteiger charge is -2.23. The number of rotatable bonds is 3. The van der Waals surface area contributed by atoms with E-state index in [9.17, 15) is 9.59 Å². The van der Waals surface area contributed by atoms with E-state index < -0.39 is 0 Å². The number of anilines is 1. The summed E-state index contributed by atoms with van der Waals surface area (Å²) in [5.74, 6) is -0.306. The van der Waals surface area contributed by atoms with Gasteiger partial charge < -0.3 is 9.80 Å². The van der Waals surface area contributed by atoms with E-state index in [1.54, 1.807) is 0 Å². The van der Waals surface area contributed by atoms with Gasteiger partial charge in [-0.3, -0.25) is 14.9 Å². The average molecular weight is 331 g/mol. The summed E-state index contributed by atoms with van der Waals surface area (Å²) in [6, 6.07) is 6.82. The first kappa shape index (κ1) is 16.1. The summed E-state index contributed by atoms with van der Waals surface area (Å²) in [6.07, 6.45) is 2.96. The topological polar surface area (TPSA) is 52.6 Å². The molecule has 2 heterocycles. The zero-order valence-electron chi connectivity index (χ0n) is 13.6. The number of amides is 2. The fraction of sp³-hybridized carbons (Fsp3) is 0.412. The molecule has 0 saturated carbocycles. The number of nitrogens with one attached hydrogen (secondary N) is 1. The van der Waals surface area contributed by atoms with Gasteiger partial charge in [0, 0.05) is 24.8 Å². The summed E-state index contributed by atoms with van der Waals surface area (Å²) in [5.41, 5.74) is 3.26. The Morgan fingerprint density at radius 3 is 2.74 bits per heavy atom. The molecule has 0 bridgehead atoms. The third kappa shape index (κ3) is 3.43. The molecule has 5 nitrogen and oxygen atoms in total. The Morgan fingerprint density at radius 2 is 2.13 bits per heavy atom. The number of benzene rings is 1. The number of nitrogens with zero attached hydrogens (tertiary/aromatic N) is 2. The van der Waals surface area contributed by atoms with E-state index in [-0.39, 0.29) is 11.1 Å². The molecule has 1 aromatic carbocycles. The normalized spacial score (nSPS) is 23.2. The van der Waals surface area contributed by atoms with Crippen LogP contribution in [-0.4, -0.2) is 49.3 Å². The van der Waals surface area contributed by atoms with Crippen molar-refractivity contribution in [3.05, 3.63) is 34.2 Å². The highest BCUT2D eigenvalue weighted by atomic mass is 32.2. The molecule has 1 aromatic rings. The Labute approximate surface area is 140 Å². The molecule has 3 rings (SSSR count). The van der Waals surface area contributed by atoms with Crippen molar-refractivity contribution in [2.45, 2.75) is 19.4 Å². The van der Waals surface area contributed by atoms with Gasteiger partial charge in [-0.15, -0.1) is 0 Å². The number of carbonyl (C=O) groups excluding carboxylic acids is 2. The van der Waals surface area contributed by atoms with Crippen LogP contribution in [0.15, 0.2) is 23.1 Å². The molecule has 0 aromatic heterocycles. The molecule has 2 fully saturated rings. The van der Waals surface area contributed by atoms with Crippen molar-refractivity contribution in [1.82, 2.24) is 10.2 Å². The minimum absolute atomic E-state index is 0.302. The van der Waals surface area contributed by atoms with Gasteiger partial charge in [-0.2, -0.15) is 0 Å². The second kappa shape index (κ2) is 6.37. The highest BCUT2D eigenvalue weighted by Crippen LogP contribution is 2.32.